The third kappa shape index (κ3) is 3.42. The Morgan fingerprint density at radius 1 is 1.24 bits per heavy atom. The third-order valence-corrected chi connectivity index (χ3v) is 2.99. The first-order valence-electron chi connectivity index (χ1n) is 5.53. The molecule has 0 radical (unpaired) electrons. The van der Waals surface area contributed by atoms with E-state index in [1.807, 2.05) is 0 Å². The molecule has 0 unspecified atom stereocenters. The molecule has 6 nitrogen and oxygen atoms in total. The number of hydrogen-bond donors (Lipinski definition) is 1. The van der Waals surface area contributed by atoms with Crippen LogP contribution in [0.15, 0.2) is 36.4 Å². The van der Waals surface area contributed by atoms with Gasteiger partial charge in [-0.05, 0) is 24.3 Å². The van der Waals surface area contributed by atoms with E-state index in [0.717, 1.165) is 6.07 Å². The second kappa shape index (κ2) is 5.99. The zero-order chi connectivity index (χ0) is 15.6. The molecular weight excluding hydrogens is 321 g/mol. The molecule has 8 heteroatoms. The van der Waals surface area contributed by atoms with Crippen LogP contribution < -0.4 is 4.74 Å². The Kier molecular flexibility index (Phi) is 4.30. The SMILES string of the molecule is O=C(O)c1cccc(Oc2c(Cl)cc(Cl)cc2[N+](=O)[O-])c1. The Bertz CT molecular complexity index is 732. The smallest absolute Gasteiger partial charge is 0.335 e. The van der Waals surface area contributed by atoms with E-state index in [4.69, 9.17) is 33.0 Å². The predicted octanol–water partition coefficient (Wildman–Crippen LogP) is 4.39. The van der Waals surface area contributed by atoms with Crippen LogP contribution in [0.5, 0.6) is 11.5 Å². The van der Waals surface area contributed by atoms with Gasteiger partial charge in [-0.15, -0.1) is 0 Å². The Labute approximate surface area is 128 Å². The number of rotatable bonds is 4. The topological polar surface area (TPSA) is 89.7 Å². The summed E-state index contributed by atoms with van der Waals surface area (Å²) in [6.45, 7) is 0. The molecule has 0 aromatic heterocycles. The minimum Gasteiger partial charge on any atom is -0.478 e. The van der Waals surface area contributed by atoms with Crippen molar-refractivity contribution in [1.29, 1.82) is 0 Å². The molecule has 0 spiro atoms. The van der Waals surface area contributed by atoms with Gasteiger partial charge in [-0.25, -0.2) is 4.79 Å². The van der Waals surface area contributed by atoms with Crippen molar-refractivity contribution in [2.24, 2.45) is 0 Å². The monoisotopic (exact) mass is 327 g/mol. The van der Waals surface area contributed by atoms with Crippen molar-refractivity contribution in [2.75, 3.05) is 0 Å². The Hall–Kier alpha value is -2.31. The summed E-state index contributed by atoms with van der Waals surface area (Å²) in [5.41, 5.74) is -0.423. The van der Waals surface area contributed by atoms with Crippen LogP contribution >= 0.6 is 23.2 Å². The molecule has 0 aliphatic heterocycles. The second-order valence-electron chi connectivity index (χ2n) is 3.93. The molecule has 0 aliphatic rings. The van der Waals surface area contributed by atoms with E-state index in [0.29, 0.717) is 0 Å². The van der Waals surface area contributed by atoms with Gasteiger partial charge in [0.05, 0.1) is 15.5 Å². The summed E-state index contributed by atoms with van der Waals surface area (Å²) in [6.07, 6.45) is 0. The van der Waals surface area contributed by atoms with E-state index in [-0.39, 0.29) is 27.1 Å². The standard InChI is InChI=1S/C13H7Cl2NO5/c14-8-5-10(15)12(11(6-8)16(19)20)21-9-3-1-2-7(4-9)13(17)18/h1-6H,(H,17,18). The number of nitro groups is 1. The molecule has 0 saturated carbocycles. The Morgan fingerprint density at radius 3 is 2.57 bits per heavy atom. The number of hydrogen-bond acceptors (Lipinski definition) is 4. The molecule has 0 bridgehead atoms. The first kappa shape index (κ1) is 15.1. The number of nitro benzene ring substituents is 1. The fourth-order valence-electron chi connectivity index (χ4n) is 1.59. The van der Waals surface area contributed by atoms with Crippen LogP contribution in [-0.2, 0) is 0 Å². The van der Waals surface area contributed by atoms with Crippen LogP contribution in [-0.4, -0.2) is 16.0 Å². The van der Waals surface area contributed by atoms with E-state index in [2.05, 4.69) is 0 Å². The minimum atomic E-state index is -1.14. The first-order chi connectivity index (χ1) is 9.88. The minimum absolute atomic E-state index is 0.0137. The summed E-state index contributed by atoms with van der Waals surface area (Å²) >= 11 is 11.6. The maximum Gasteiger partial charge on any atom is 0.335 e. The highest BCUT2D eigenvalue weighted by Gasteiger charge is 2.21. The average molecular weight is 328 g/mol. The van der Waals surface area contributed by atoms with Gasteiger partial charge in [0.2, 0.25) is 5.75 Å². The molecule has 2 aromatic rings. The van der Waals surface area contributed by atoms with Crippen LogP contribution in [0.1, 0.15) is 10.4 Å². The first-order valence-corrected chi connectivity index (χ1v) is 6.28. The molecule has 2 rings (SSSR count). The summed E-state index contributed by atoms with van der Waals surface area (Å²) in [5, 5.41) is 20.0. The number of carboxylic acids is 1. The molecule has 2 aromatic carbocycles. The molecule has 0 aliphatic carbocycles. The lowest BCUT2D eigenvalue weighted by Gasteiger charge is -2.09. The summed E-state index contributed by atoms with van der Waals surface area (Å²) in [6, 6.07) is 7.91. The second-order valence-corrected chi connectivity index (χ2v) is 4.77. The Balaban J connectivity index is 2.46. The molecule has 1 N–H and O–H groups in total. The maximum absolute atomic E-state index is 11.0. The highest BCUT2D eigenvalue weighted by Crippen LogP contribution is 2.40. The van der Waals surface area contributed by atoms with Crippen molar-refractivity contribution < 1.29 is 19.6 Å². The fraction of sp³-hybridized carbons (Fsp3) is 0. The van der Waals surface area contributed by atoms with Gasteiger partial charge in [-0.1, -0.05) is 29.3 Å². The van der Waals surface area contributed by atoms with Crippen molar-refractivity contribution >= 4 is 34.9 Å². The number of halogens is 2. The number of aromatic carboxylic acids is 1. The maximum atomic E-state index is 11.0. The van der Waals surface area contributed by atoms with Gasteiger partial charge in [-0.3, -0.25) is 10.1 Å². The molecule has 0 heterocycles. The number of ether oxygens (including phenoxy) is 1. The van der Waals surface area contributed by atoms with E-state index in [1.165, 1.54) is 30.3 Å². The number of carboxylic acid groups (broad SMARTS) is 1. The predicted molar refractivity (Wildman–Crippen MR) is 76.6 cm³/mol. The van der Waals surface area contributed by atoms with E-state index >= 15 is 0 Å². The van der Waals surface area contributed by atoms with Gasteiger partial charge in [-0.2, -0.15) is 0 Å². The Morgan fingerprint density at radius 2 is 1.95 bits per heavy atom. The summed E-state index contributed by atoms with van der Waals surface area (Å²) < 4.78 is 5.35. The largest absolute Gasteiger partial charge is 0.478 e. The normalized spacial score (nSPS) is 10.2. The molecule has 0 fully saturated rings. The van der Waals surface area contributed by atoms with Gasteiger partial charge < -0.3 is 9.84 Å². The van der Waals surface area contributed by atoms with Crippen LogP contribution in [0.3, 0.4) is 0 Å². The lowest BCUT2D eigenvalue weighted by molar-refractivity contribution is -0.385. The van der Waals surface area contributed by atoms with E-state index < -0.39 is 16.6 Å². The summed E-state index contributed by atoms with van der Waals surface area (Å²) in [5.74, 6) is -1.23. The number of benzene rings is 2. The van der Waals surface area contributed by atoms with Crippen LogP contribution in [0.25, 0.3) is 0 Å². The molecule has 0 saturated heterocycles. The van der Waals surface area contributed by atoms with Gasteiger partial charge >= 0.3 is 11.7 Å². The van der Waals surface area contributed by atoms with Gasteiger partial charge in [0.1, 0.15) is 5.75 Å². The summed E-state index contributed by atoms with van der Waals surface area (Å²) in [4.78, 5) is 21.2. The fourth-order valence-corrected chi connectivity index (χ4v) is 2.12. The number of carbonyl (C=O) groups is 1. The zero-order valence-corrected chi connectivity index (χ0v) is 11.8. The molecule has 0 atom stereocenters. The van der Waals surface area contributed by atoms with Gasteiger partial charge in [0.25, 0.3) is 0 Å². The average Bonchev–Trinajstić information content (AvgIpc) is 2.41. The molecule has 0 amide bonds. The van der Waals surface area contributed by atoms with Crippen molar-refractivity contribution in [1.82, 2.24) is 0 Å². The van der Waals surface area contributed by atoms with E-state index in [1.54, 1.807) is 0 Å². The van der Waals surface area contributed by atoms with Crippen molar-refractivity contribution in [3.63, 3.8) is 0 Å². The third-order valence-electron chi connectivity index (χ3n) is 2.49. The highest BCUT2D eigenvalue weighted by atomic mass is 35.5. The molecule has 108 valence electrons. The van der Waals surface area contributed by atoms with Crippen LogP contribution in [0, 0.1) is 10.1 Å². The zero-order valence-electron chi connectivity index (χ0n) is 10.2. The van der Waals surface area contributed by atoms with Gasteiger partial charge in [0.15, 0.2) is 0 Å². The molecular formula is C13H7Cl2NO5. The quantitative estimate of drug-likeness (QED) is 0.664. The molecule has 21 heavy (non-hydrogen) atoms. The summed E-state index contributed by atoms with van der Waals surface area (Å²) in [7, 11) is 0. The van der Waals surface area contributed by atoms with Crippen molar-refractivity contribution in [3.8, 4) is 11.5 Å². The van der Waals surface area contributed by atoms with Crippen molar-refractivity contribution in [2.45, 2.75) is 0 Å². The number of nitrogens with zero attached hydrogens (tertiary/aromatic N) is 1. The lowest BCUT2D eigenvalue weighted by Crippen LogP contribution is -1.98. The van der Waals surface area contributed by atoms with Crippen LogP contribution in [0.2, 0.25) is 10.0 Å². The van der Waals surface area contributed by atoms with Gasteiger partial charge in [0, 0.05) is 11.1 Å². The van der Waals surface area contributed by atoms with Crippen molar-refractivity contribution in [3.05, 3.63) is 62.1 Å². The van der Waals surface area contributed by atoms with E-state index in [9.17, 15) is 14.9 Å². The lowest BCUT2D eigenvalue weighted by atomic mass is 10.2. The highest BCUT2D eigenvalue weighted by molar-refractivity contribution is 6.36. The van der Waals surface area contributed by atoms with Crippen LogP contribution in [0.4, 0.5) is 5.69 Å².